The Hall–Kier alpha value is -5.31. The van der Waals surface area contributed by atoms with Gasteiger partial charge in [0.2, 0.25) is 0 Å². The average Bonchev–Trinajstić information content (AvgIpc) is 3.09. The Balaban J connectivity index is 0.00000192. The molecule has 0 aromatic heterocycles. The van der Waals surface area contributed by atoms with Gasteiger partial charge in [0.05, 0.1) is 21.3 Å². The number of hydrogen-bond donors (Lipinski definition) is 0. The lowest BCUT2D eigenvalue weighted by atomic mass is 9.70. The van der Waals surface area contributed by atoms with Crippen LogP contribution >= 0.6 is 0 Å². The first-order valence-electron chi connectivity index (χ1n) is 15.1. The minimum absolute atomic E-state index is 0.352. The van der Waals surface area contributed by atoms with Crippen molar-refractivity contribution in [3.63, 3.8) is 0 Å². The van der Waals surface area contributed by atoms with Crippen LogP contribution in [0.4, 0.5) is 14.4 Å². The second-order valence-corrected chi connectivity index (χ2v) is 11.3. The van der Waals surface area contributed by atoms with E-state index in [0.717, 1.165) is 27.8 Å². The van der Waals surface area contributed by atoms with Crippen LogP contribution in [0.3, 0.4) is 0 Å². The van der Waals surface area contributed by atoms with Gasteiger partial charge in [-0.15, -0.1) is 0 Å². The van der Waals surface area contributed by atoms with Crippen molar-refractivity contribution in [2.45, 2.75) is 51.9 Å². The molecule has 9 heteroatoms. The van der Waals surface area contributed by atoms with Crippen LogP contribution in [-0.2, 0) is 25.0 Å². The van der Waals surface area contributed by atoms with Gasteiger partial charge in [-0.2, -0.15) is 0 Å². The molecule has 0 spiro atoms. The number of ether oxygens (including phenoxy) is 6. The monoisotopic (exact) mass is 642 g/mol. The van der Waals surface area contributed by atoms with Crippen molar-refractivity contribution in [1.29, 1.82) is 0 Å². The summed E-state index contributed by atoms with van der Waals surface area (Å²) in [5, 5.41) is 0. The number of rotatable bonds is 8. The number of methoxy groups -OCH3 is 3. The van der Waals surface area contributed by atoms with E-state index in [1.165, 1.54) is 27.8 Å². The second-order valence-electron chi connectivity index (χ2n) is 11.3. The second kappa shape index (κ2) is 16.3. The summed E-state index contributed by atoms with van der Waals surface area (Å²) in [6.07, 6.45) is -1.12. The lowest BCUT2D eigenvalue weighted by Gasteiger charge is -2.33. The minimum Gasteiger partial charge on any atom is -0.437 e. The first kappa shape index (κ1) is 36.2. The first-order valence-corrected chi connectivity index (χ1v) is 15.1. The summed E-state index contributed by atoms with van der Waals surface area (Å²) in [6.45, 7) is 10.6. The van der Waals surface area contributed by atoms with Crippen molar-refractivity contribution < 1.29 is 42.8 Å². The number of benzene rings is 4. The van der Waals surface area contributed by atoms with Crippen molar-refractivity contribution in [3.05, 3.63) is 125 Å². The van der Waals surface area contributed by atoms with Gasteiger partial charge in [-0.25, -0.2) is 14.4 Å². The number of carbonyl (C=O) groups is 3. The van der Waals surface area contributed by atoms with Crippen LogP contribution < -0.4 is 14.2 Å². The molecule has 9 nitrogen and oxygen atoms in total. The highest BCUT2D eigenvalue weighted by atomic mass is 16.7. The fourth-order valence-corrected chi connectivity index (χ4v) is 4.95. The molecule has 0 unspecified atom stereocenters. The van der Waals surface area contributed by atoms with Crippen LogP contribution in [0.25, 0.3) is 0 Å². The molecule has 248 valence electrons. The van der Waals surface area contributed by atoms with Crippen LogP contribution in [0, 0.1) is 0 Å². The molecule has 4 aromatic carbocycles. The highest BCUT2D eigenvalue weighted by Gasteiger charge is 2.32. The molecule has 0 saturated carbocycles. The highest BCUT2D eigenvalue weighted by molar-refractivity contribution is 5.65. The third-order valence-electron chi connectivity index (χ3n) is 7.73. The van der Waals surface area contributed by atoms with Gasteiger partial charge in [-0.1, -0.05) is 94.8 Å². The van der Waals surface area contributed by atoms with Crippen LogP contribution in [0.5, 0.6) is 17.2 Å². The number of carbonyl (C=O) groups excluding carboxylic acids is 3. The van der Waals surface area contributed by atoms with Gasteiger partial charge < -0.3 is 28.4 Å². The Labute approximate surface area is 276 Å². The van der Waals surface area contributed by atoms with E-state index in [9.17, 15) is 14.4 Å². The fourth-order valence-electron chi connectivity index (χ4n) is 4.95. The fraction of sp³-hybridized carbons (Fsp3) is 0.289. The molecule has 47 heavy (non-hydrogen) atoms. The zero-order valence-electron chi connectivity index (χ0n) is 28.1. The topological polar surface area (TPSA) is 107 Å². The van der Waals surface area contributed by atoms with E-state index in [0.29, 0.717) is 17.2 Å². The van der Waals surface area contributed by atoms with Gasteiger partial charge in [-0.05, 0) is 71.1 Å². The molecule has 0 aliphatic heterocycles. The minimum atomic E-state index is -0.800. The standard InChI is InChI=1S/C35H34O9.C3H8/c1-34(2,24-11-17-28(18-12-24)42-31(36)39-4)23-7-9-25(10-8-23)35(3,26-13-19-29(20-14-26)43-32(37)40-5)27-15-21-30(22-16-27)44-33(38)41-6;1-3-2/h7-22H,1-6H3;3H2,1-2H3. The summed E-state index contributed by atoms with van der Waals surface area (Å²) in [5.41, 5.74) is 3.97. The summed E-state index contributed by atoms with van der Waals surface area (Å²) >= 11 is 0. The predicted molar refractivity (Wildman–Crippen MR) is 179 cm³/mol. The van der Waals surface area contributed by atoms with E-state index in [1.54, 1.807) is 36.4 Å². The molecule has 0 heterocycles. The van der Waals surface area contributed by atoms with Crippen LogP contribution in [0.2, 0.25) is 0 Å². The molecule has 0 aliphatic carbocycles. The van der Waals surface area contributed by atoms with Crippen molar-refractivity contribution in [3.8, 4) is 17.2 Å². The average molecular weight is 643 g/mol. The summed E-state index contributed by atoms with van der Waals surface area (Å²) in [4.78, 5) is 34.7. The Kier molecular flexibility index (Phi) is 12.5. The van der Waals surface area contributed by atoms with Crippen LogP contribution in [-0.4, -0.2) is 39.8 Å². The Morgan fingerprint density at radius 2 is 0.660 bits per heavy atom. The smallest absolute Gasteiger partial charge is 0.437 e. The van der Waals surface area contributed by atoms with Gasteiger partial charge in [0.15, 0.2) is 0 Å². The zero-order valence-corrected chi connectivity index (χ0v) is 28.1. The molecular weight excluding hydrogens is 600 g/mol. The van der Waals surface area contributed by atoms with Gasteiger partial charge in [-0.3, -0.25) is 0 Å². The molecular formula is C38H42O9. The molecule has 0 atom stereocenters. The Morgan fingerprint density at radius 3 is 0.915 bits per heavy atom. The molecule has 0 bridgehead atoms. The SMILES string of the molecule is CCC.COC(=O)Oc1ccc(C(C)(C)c2ccc(C(C)(c3ccc(OC(=O)OC)cc3)c3ccc(OC(=O)OC)cc3)cc2)cc1. The zero-order chi connectivity index (χ0) is 34.6. The lowest BCUT2D eigenvalue weighted by Crippen LogP contribution is -2.26. The van der Waals surface area contributed by atoms with E-state index < -0.39 is 23.9 Å². The summed E-state index contributed by atoms with van der Waals surface area (Å²) in [7, 11) is 3.76. The molecule has 0 radical (unpaired) electrons. The normalized spacial score (nSPS) is 10.9. The van der Waals surface area contributed by atoms with E-state index in [-0.39, 0.29) is 5.41 Å². The number of hydrogen-bond acceptors (Lipinski definition) is 9. The summed E-state index contributed by atoms with van der Waals surface area (Å²) < 4.78 is 29.2. The molecule has 4 rings (SSSR count). The Morgan fingerprint density at radius 1 is 0.447 bits per heavy atom. The van der Waals surface area contributed by atoms with Gasteiger partial charge in [0, 0.05) is 10.8 Å². The first-order chi connectivity index (χ1) is 22.4. The van der Waals surface area contributed by atoms with E-state index >= 15 is 0 Å². The largest absolute Gasteiger partial charge is 0.513 e. The van der Waals surface area contributed by atoms with Gasteiger partial charge in [0.25, 0.3) is 0 Å². The van der Waals surface area contributed by atoms with Crippen molar-refractivity contribution >= 4 is 18.5 Å². The van der Waals surface area contributed by atoms with E-state index in [2.05, 4.69) is 73.1 Å². The van der Waals surface area contributed by atoms with Gasteiger partial charge >= 0.3 is 18.5 Å². The lowest BCUT2D eigenvalue weighted by molar-refractivity contribution is 0.120. The van der Waals surface area contributed by atoms with Crippen LogP contribution in [0.15, 0.2) is 97.1 Å². The third-order valence-corrected chi connectivity index (χ3v) is 7.73. The third kappa shape index (κ3) is 8.91. The van der Waals surface area contributed by atoms with Gasteiger partial charge in [0.1, 0.15) is 17.2 Å². The molecule has 0 fully saturated rings. The molecule has 0 saturated heterocycles. The molecule has 0 N–H and O–H groups in total. The van der Waals surface area contributed by atoms with Crippen LogP contribution in [0.1, 0.15) is 68.9 Å². The van der Waals surface area contributed by atoms with Crippen molar-refractivity contribution in [2.24, 2.45) is 0 Å². The summed E-state index contributed by atoms with van der Waals surface area (Å²) in [5.74, 6) is 1.10. The predicted octanol–water partition coefficient (Wildman–Crippen LogP) is 9.22. The summed E-state index contributed by atoms with van der Waals surface area (Å²) in [6, 6.07) is 30.1. The van der Waals surface area contributed by atoms with Crippen molar-refractivity contribution in [1.82, 2.24) is 0 Å². The Bertz CT molecular complexity index is 1540. The van der Waals surface area contributed by atoms with Crippen molar-refractivity contribution in [2.75, 3.05) is 21.3 Å². The highest BCUT2D eigenvalue weighted by Crippen LogP contribution is 2.41. The maximum Gasteiger partial charge on any atom is 0.513 e. The van der Waals surface area contributed by atoms with E-state index in [1.807, 2.05) is 36.4 Å². The maximum atomic E-state index is 11.6. The van der Waals surface area contributed by atoms with E-state index in [4.69, 9.17) is 14.2 Å². The molecule has 4 aromatic rings. The quantitative estimate of drug-likeness (QED) is 0.0804. The maximum absolute atomic E-state index is 11.6. The molecule has 0 amide bonds. The molecule has 0 aliphatic rings.